The van der Waals surface area contributed by atoms with Crippen molar-refractivity contribution in [2.45, 2.75) is 45.8 Å². The van der Waals surface area contributed by atoms with Crippen molar-refractivity contribution in [2.24, 2.45) is 0 Å². The van der Waals surface area contributed by atoms with Crippen molar-refractivity contribution in [1.29, 1.82) is 0 Å². The van der Waals surface area contributed by atoms with Crippen LogP contribution in [0.5, 0.6) is 0 Å². The lowest BCUT2D eigenvalue weighted by Crippen LogP contribution is -2.08. The van der Waals surface area contributed by atoms with Crippen molar-refractivity contribution in [1.82, 2.24) is 9.55 Å². The van der Waals surface area contributed by atoms with Crippen LogP contribution in [0.25, 0.3) is 0 Å². The molecule has 0 saturated carbocycles. The first-order valence-electron chi connectivity index (χ1n) is 7.03. The number of hydrogen-bond acceptors (Lipinski definition) is 2. The molecule has 1 aromatic carbocycles. The quantitative estimate of drug-likeness (QED) is 0.863. The van der Waals surface area contributed by atoms with E-state index in [-0.39, 0.29) is 0 Å². The zero-order chi connectivity index (χ0) is 13.7. The Kier molecular flexibility index (Phi) is 4.74. The standard InChI is InChI=1S/C16H22N2O/c1-3-6-13-7-5-8-14(10-13)16(19)15-11-17-12-18(15)9-4-2/h5,7-8,10-12,16,19H,3-4,6,9H2,1-2H3. The smallest absolute Gasteiger partial charge is 0.121 e. The molecule has 0 amide bonds. The van der Waals surface area contributed by atoms with Gasteiger partial charge in [-0.2, -0.15) is 0 Å². The first kappa shape index (κ1) is 13.8. The SMILES string of the molecule is CCCc1cccc(C(O)c2cncn2CCC)c1. The summed E-state index contributed by atoms with van der Waals surface area (Å²) in [5.74, 6) is 0. The van der Waals surface area contributed by atoms with E-state index in [0.717, 1.165) is 37.1 Å². The Morgan fingerprint density at radius 3 is 2.84 bits per heavy atom. The van der Waals surface area contributed by atoms with Gasteiger partial charge in [-0.3, -0.25) is 0 Å². The van der Waals surface area contributed by atoms with Gasteiger partial charge >= 0.3 is 0 Å². The van der Waals surface area contributed by atoms with Gasteiger partial charge in [0.1, 0.15) is 6.10 Å². The molecule has 0 aliphatic carbocycles. The number of aromatic nitrogens is 2. The van der Waals surface area contributed by atoms with Crippen molar-refractivity contribution in [3.05, 3.63) is 53.6 Å². The van der Waals surface area contributed by atoms with Gasteiger partial charge in [0.2, 0.25) is 0 Å². The van der Waals surface area contributed by atoms with Gasteiger partial charge in [0.25, 0.3) is 0 Å². The molecule has 3 nitrogen and oxygen atoms in total. The molecule has 1 unspecified atom stereocenters. The molecule has 0 fully saturated rings. The van der Waals surface area contributed by atoms with Crippen LogP contribution in [0, 0.1) is 0 Å². The summed E-state index contributed by atoms with van der Waals surface area (Å²) in [5, 5.41) is 10.5. The molecule has 1 heterocycles. The number of hydrogen-bond donors (Lipinski definition) is 1. The highest BCUT2D eigenvalue weighted by Crippen LogP contribution is 2.23. The van der Waals surface area contributed by atoms with E-state index in [1.165, 1.54) is 5.56 Å². The molecular weight excluding hydrogens is 236 g/mol. The number of nitrogens with zero attached hydrogens (tertiary/aromatic N) is 2. The van der Waals surface area contributed by atoms with Gasteiger partial charge in [0.15, 0.2) is 0 Å². The Balaban J connectivity index is 2.25. The maximum atomic E-state index is 10.5. The number of aliphatic hydroxyl groups excluding tert-OH is 1. The summed E-state index contributed by atoms with van der Waals surface area (Å²) in [6, 6.07) is 8.21. The zero-order valence-electron chi connectivity index (χ0n) is 11.7. The Morgan fingerprint density at radius 2 is 2.11 bits per heavy atom. The lowest BCUT2D eigenvalue weighted by molar-refractivity contribution is 0.209. The minimum absolute atomic E-state index is 0.592. The Bertz CT molecular complexity index is 519. The maximum absolute atomic E-state index is 10.5. The van der Waals surface area contributed by atoms with Crippen molar-refractivity contribution >= 4 is 0 Å². The number of aliphatic hydroxyl groups is 1. The van der Waals surface area contributed by atoms with Crippen LogP contribution >= 0.6 is 0 Å². The van der Waals surface area contributed by atoms with Gasteiger partial charge < -0.3 is 9.67 Å². The molecule has 1 aromatic heterocycles. The average molecular weight is 258 g/mol. The summed E-state index contributed by atoms with van der Waals surface area (Å²) in [5.41, 5.74) is 3.10. The predicted octanol–water partition coefficient (Wildman–Crippen LogP) is 3.33. The fourth-order valence-corrected chi connectivity index (χ4v) is 2.36. The third-order valence-corrected chi connectivity index (χ3v) is 3.29. The zero-order valence-corrected chi connectivity index (χ0v) is 11.7. The van der Waals surface area contributed by atoms with Crippen LogP contribution in [0.2, 0.25) is 0 Å². The molecule has 0 spiro atoms. The lowest BCUT2D eigenvalue weighted by Gasteiger charge is -2.14. The predicted molar refractivity (Wildman–Crippen MR) is 77.0 cm³/mol. The number of benzene rings is 1. The molecule has 19 heavy (non-hydrogen) atoms. The van der Waals surface area contributed by atoms with Crippen molar-refractivity contribution in [2.75, 3.05) is 0 Å². The van der Waals surface area contributed by atoms with Gasteiger partial charge in [-0.1, -0.05) is 44.5 Å². The Labute approximate surface area is 114 Å². The molecule has 0 saturated heterocycles. The molecule has 2 rings (SSSR count). The maximum Gasteiger partial charge on any atom is 0.121 e. The topological polar surface area (TPSA) is 38.1 Å². The number of aryl methyl sites for hydroxylation is 2. The van der Waals surface area contributed by atoms with Gasteiger partial charge in [-0.25, -0.2) is 4.98 Å². The minimum Gasteiger partial charge on any atom is -0.382 e. The average Bonchev–Trinajstić information content (AvgIpc) is 2.87. The highest BCUT2D eigenvalue weighted by Gasteiger charge is 2.15. The highest BCUT2D eigenvalue weighted by molar-refractivity contribution is 5.29. The highest BCUT2D eigenvalue weighted by atomic mass is 16.3. The van der Waals surface area contributed by atoms with Crippen LogP contribution < -0.4 is 0 Å². The van der Waals surface area contributed by atoms with E-state index < -0.39 is 6.10 Å². The molecule has 102 valence electrons. The molecule has 0 bridgehead atoms. The summed E-state index contributed by atoms with van der Waals surface area (Å²) >= 11 is 0. The second-order valence-corrected chi connectivity index (χ2v) is 4.91. The monoisotopic (exact) mass is 258 g/mol. The largest absolute Gasteiger partial charge is 0.382 e. The van der Waals surface area contributed by atoms with Crippen LogP contribution in [0.3, 0.4) is 0 Å². The van der Waals surface area contributed by atoms with Crippen molar-refractivity contribution < 1.29 is 5.11 Å². The Morgan fingerprint density at radius 1 is 1.26 bits per heavy atom. The Hall–Kier alpha value is -1.61. The molecule has 1 N–H and O–H groups in total. The van der Waals surface area contributed by atoms with Crippen LogP contribution in [-0.4, -0.2) is 14.7 Å². The third-order valence-electron chi connectivity index (χ3n) is 3.29. The van der Waals surface area contributed by atoms with Crippen LogP contribution in [-0.2, 0) is 13.0 Å². The van der Waals surface area contributed by atoms with E-state index in [4.69, 9.17) is 0 Å². The third kappa shape index (κ3) is 3.24. The van der Waals surface area contributed by atoms with E-state index in [1.807, 2.05) is 16.7 Å². The summed E-state index contributed by atoms with van der Waals surface area (Å²) in [6.45, 7) is 5.18. The minimum atomic E-state index is -0.592. The van der Waals surface area contributed by atoms with Gasteiger partial charge in [0, 0.05) is 6.54 Å². The lowest BCUT2D eigenvalue weighted by atomic mass is 10.0. The first-order chi connectivity index (χ1) is 9.26. The van der Waals surface area contributed by atoms with E-state index in [1.54, 1.807) is 12.5 Å². The normalized spacial score (nSPS) is 12.6. The number of rotatable bonds is 6. The fraction of sp³-hybridized carbons (Fsp3) is 0.438. The van der Waals surface area contributed by atoms with Crippen LogP contribution in [0.4, 0.5) is 0 Å². The number of imidazole rings is 1. The van der Waals surface area contributed by atoms with E-state index in [9.17, 15) is 5.11 Å². The fourth-order valence-electron chi connectivity index (χ4n) is 2.36. The molecule has 0 aliphatic rings. The summed E-state index contributed by atoms with van der Waals surface area (Å²) < 4.78 is 2.02. The van der Waals surface area contributed by atoms with Crippen LogP contribution in [0.15, 0.2) is 36.8 Å². The van der Waals surface area contributed by atoms with Gasteiger partial charge in [-0.15, -0.1) is 0 Å². The molecule has 3 heteroatoms. The molecule has 1 atom stereocenters. The van der Waals surface area contributed by atoms with Crippen LogP contribution in [0.1, 0.15) is 49.6 Å². The van der Waals surface area contributed by atoms with Gasteiger partial charge in [-0.05, 0) is 24.0 Å². The first-order valence-corrected chi connectivity index (χ1v) is 7.03. The molecular formula is C16H22N2O. The van der Waals surface area contributed by atoms with E-state index in [0.29, 0.717) is 0 Å². The molecule has 2 aromatic rings. The second-order valence-electron chi connectivity index (χ2n) is 4.91. The second kappa shape index (κ2) is 6.53. The van der Waals surface area contributed by atoms with Crippen molar-refractivity contribution in [3.63, 3.8) is 0 Å². The van der Waals surface area contributed by atoms with E-state index >= 15 is 0 Å². The molecule has 0 radical (unpaired) electrons. The summed E-state index contributed by atoms with van der Waals surface area (Å²) in [7, 11) is 0. The van der Waals surface area contributed by atoms with E-state index in [2.05, 4.69) is 31.0 Å². The molecule has 0 aliphatic heterocycles. The van der Waals surface area contributed by atoms with Gasteiger partial charge in [0.05, 0.1) is 18.2 Å². The van der Waals surface area contributed by atoms with Crippen molar-refractivity contribution in [3.8, 4) is 0 Å². The summed E-state index contributed by atoms with van der Waals surface area (Å²) in [6.07, 6.45) is 6.16. The summed E-state index contributed by atoms with van der Waals surface area (Å²) in [4.78, 5) is 4.15.